The number of rotatable bonds is 7. The van der Waals surface area contributed by atoms with Gasteiger partial charge in [0.2, 0.25) is 0 Å². The number of aromatic nitrogens is 1. The van der Waals surface area contributed by atoms with Crippen molar-refractivity contribution in [3.05, 3.63) is 74.7 Å². The lowest BCUT2D eigenvalue weighted by molar-refractivity contribution is -0.138. The monoisotopic (exact) mass is 585 g/mol. The third-order valence-corrected chi connectivity index (χ3v) is 9.61. The van der Waals surface area contributed by atoms with Crippen molar-refractivity contribution in [3.8, 4) is 0 Å². The van der Waals surface area contributed by atoms with Crippen LogP contribution in [0.3, 0.4) is 0 Å². The molecule has 1 aliphatic carbocycles. The second-order valence-corrected chi connectivity index (χ2v) is 12.3. The molecule has 0 radical (unpaired) electrons. The highest BCUT2D eigenvalue weighted by Gasteiger charge is 2.33. The maximum atomic E-state index is 13.5. The molecule has 230 valence electrons. The van der Waals surface area contributed by atoms with E-state index in [0.29, 0.717) is 29.5 Å². The average molecular weight is 586 g/mol. The number of H-pyrrole nitrogens is 1. The number of aryl methyl sites for hydroxylation is 2. The van der Waals surface area contributed by atoms with E-state index in [9.17, 15) is 22.8 Å². The van der Waals surface area contributed by atoms with Gasteiger partial charge in [-0.25, -0.2) is 0 Å². The summed E-state index contributed by atoms with van der Waals surface area (Å²) in [5.41, 5.74) is 4.91. The van der Waals surface area contributed by atoms with Gasteiger partial charge < -0.3 is 15.2 Å². The van der Waals surface area contributed by atoms with Crippen molar-refractivity contribution in [1.82, 2.24) is 10.3 Å². The molecule has 2 aliphatic rings. The first-order valence-corrected chi connectivity index (χ1v) is 15.6. The highest BCUT2D eigenvalue weighted by atomic mass is 19.4. The molecule has 0 spiro atoms. The van der Waals surface area contributed by atoms with Crippen LogP contribution in [-0.2, 0) is 19.4 Å². The van der Waals surface area contributed by atoms with Crippen molar-refractivity contribution >= 4 is 11.6 Å². The zero-order chi connectivity index (χ0) is 30.4. The number of hydrogen-bond donors (Lipinski definition) is 2. The summed E-state index contributed by atoms with van der Waals surface area (Å²) in [6.07, 6.45) is 5.82. The van der Waals surface area contributed by atoms with Crippen molar-refractivity contribution in [2.24, 2.45) is 17.8 Å². The summed E-state index contributed by atoms with van der Waals surface area (Å²) in [4.78, 5) is 31.5. The van der Waals surface area contributed by atoms with Crippen molar-refractivity contribution in [2.75, 3.05) is 11.4 Å². The second kappa shape index (κ2) is 14.0. The van der Waals surface area contributed by atoms with E-state index in [4.69, 9.17) is 0 Å². The number of benzene rings is 1. The first-order chi connectivity index (χ1) is 20.0. The predicted octanol–water partition coefficient (Wildman–Crippen LogP) is 7.66. The summed E-state index contributed by atoms with van der Waals surface area (Å²) in [5.74, 6) is 0.551. The highest BCUT2D eigenvalue weighted by molar-refractivity contribution is 5.97. The Morgan fingerprint density at radius 3 is 2.48 bits per heavy atom. The summed E-state index contributed by atoms with van der Waals surface area (Å²) in [7, 11) is 0. The van der Waals surface area contributed by atoms with Crippen LogP contribution in [0.2, 0.25) is 0 Å². The lowest BCUT2D eigenvalue weighted by Crippen LogP contribution is -2.40. The lowest BCUT2D eigenvalue weighted by atomic mass is 9.73. The minimum atomic E-state index is -4.09. The molecule has 2 atom stereocenters. The van der Waals surface area contributed by atoms with Gasteiger partial charge in [0.05, 0.1) is 0 Å². The molecular formula is C34H46F3N3O2. The largest absolute Gasteiger partial charge is 0.389 e. The third kappa shape index (κ3) is 7.87. The van der Waals surface area contributed by atoms with Gasteiger partial charge in [0.25, 0.3) is 11.5 Å². The highest BCUT2D eigenvalue weighted by Crippen LogP contribution is 2.40. The smallest absolute Gasteiger partial charge is 0.369 e. The number of halogens is 3. The Hall–Kier alpha value is -3.03. The number of allylic oxidation sites excluding steroid dienone is 2. The van der Waals surface area contributed by atoms with Gasteiger partial charge >= 0.3 is 6.18 Å². The minimum Gasteiger partial charge on any atom is -0.369 e. The molecule has 2 unspecified atom stereocenters. The summed E-state index contributed by atoms with van der Waals surface area (Å²) >= 11 is 0. The summed E-state index contributed by atoms with van der Waals surface area (Å²) in [6, 6.07) is 8.21. The van der Waals surface area contributed by atoms with E-state index in [-0.39, 0.29) is 36.3 Å². The Labute approximate surface area is 248 Å². The Balaban J connectivity index is 1.51. The number of amides is 1. The van der Waals surface area contributed by atoms with Gasteiger partial charge in [-0.15, -0.1) is 0 Å². The molecule has 1 aliphatic heterocycles. The number of hydrogen-bond acceptors (Lipinski definition) is 3. The molecular weight excluding hydrogens is 539 g/mol. The Morgan fingerprint density at radius 2 is 1.79 bits per heavy atom. The van der Waals surface area contributed by atoms with Gasteiger partial charge in [0.1, 0.15) is 0 Å². The number of anilines is 1. The SMILES string of the molecule is CCN(c1cccc2c1CC=CCCc1cc(C)[nH]c(=O)c1CNC2=O)C1CCC(C(C)C(C)CCC(F)(F)F)CC1. The molecule has 4 rings (SSSR count). The van der Waals surface area contributed by atoms with E-state index in [1.807, 2.05) is 32.0 Å². The molecule has 1 fully saturated rings. The quantitative estimate of drug-likeness (QED) is 0.328. The van der Waals surface area contributed by atoms with Crippen LogP contribution in [0.5, 0.6) is 0 Å². The number of fused-ring (bicyclic) bond motifs is 2. The molecule has 2 heterocycles. The first-order valence-electron chi connectivity index (χ1n) is 15.6. The maximum absolute atomic E-state index is 13.5. The number of pyridine rings is 1. The van der Waals surface area contributed by atoms with Crippen LogP contribution in [0.25, 0.3) is 0 Å². The molecule has 1 amide bonds. The van der Waals surface area contributed by atoms with Crippen LogP contribution >= 0.6 is 0 Å². The number of nitrogens with one attached hydrogen (secondary N) is 2. The van der Waals surface area contributed by atoms with Gasteiger partial charge in [0, 0.05) is 48.1 Å². The maximum Gasteiger partial charge on any atom is 0.389 e. The Morgan fingerprint density at radius 1 is 1.05 bits per heavy atom. The third-order valence-electron chi connectivity index (χ3n) is 9.61. The van der Waals surface area contributed by atoms with E-state index in [1.165, 1.54) is 0 Å². The molecule has 8 heteroatoms. The Bertz CT molecular complexity index is 1310. The van der Waals surface area contributed by atoms with Crippen LogP contribution in [0.4, 0.5) is 18.9 Å². The van der Waals surface area contributed by atoms with Crippen LogP contribution in [0.15, 0.2) is 41.2 Å². The molecule has 5 nitrogen and oxygen atoms in total. The summed E-state index contributed by atoms with van der Waals surface area (Å²) in [5, 5.41) is 3.01. The zero-order valence-corrected chi connectivity index (χ0v) is 25.4. The van der Waals surface area contributed by atoms with E-state index < -0.39 is 12.6 Å². The fourth-order valence-corrected chi connectivity index (χ4v) is 6.98. The average Bonchev–Trinajstić information content (AvgIpc) is 2.94. The molecule has 0 bridgehead atoms. The fourth-order valence-electron chi connectivity index (χ4n) is 6.98. The summed E-state index contributed by atoms with van der Waals surface area (Å²) in [6.45, 7) is 9.08. The van der Waals surface area contributed by atoms with Gasteiger partial charge in [-0.1, -0.05) is 32.1 Å². The summed E-state index contributed by atoms with van der Waals surface area (Å²) < 4.78 is 38.3. The van der Waals surface area contributed by atoms with Crippen molar-refractivity contribution in [3.63, 3.8) is 0 Å². The van der Waals surface area contributed by atoms with Gasteiger partial charge in [0.15, 0.2) is 0 Å². The molecule has 42 heavy (non-hydrogen) atoms. The standard InChI is InChI=1S/C34H46F3N3O2/c1-5-40(27-16-14-25(15-17-27)24(4)22(2)18-19-34(35,36)37)31-13-9-12-29-28(31)11-8-6-7-10-26-20-23(3)39-33(42)30(26)21-38-32(29)41/h6,8-9,12-13,20,22,24-25,27H,5,7,10-11,14-19,21H2,1-4H3,(H,38,41)(H,39,42). The zero-order valence-electron chi connectivity index (χ0n) is 25.4. The van der Waals surface area contributed by atoms with Gasteiger partial charge in [-0.05, 0) is 112 Å². The topological polar surface area (TPSA) is 65.2 Å². The van der Waals surface area contributed by atoms with Crippen LogP contribution < -0.4 is 15.8 Å². The number of carbonyl (C=O) groups is 1. The fraction of sp³-hybridized carbons (Fsp3) is 0.588. The lowest BCUT2D eigenvalue weighted by Gasteiger charge is -2.41. The van der Waals surface area contributed by atoms with E-state index in [1.54, 1.807) is 0 Å². The van der Waals surface area contributed by atoms with Crippen molar-refractivity contribution < 1.29 is 18.0 Å². The Kier molecular flexibility index (Phi) is 10.6. The van der Waals surface area contributed by atoms with E-state index in [2.05, 4.69) is 47.3 Å². The van der Waals surface area contributed by atoms with Gasteiger partial charge in [-0.2, -0.15) is 13.2 Å². The molecule has 1 saturated carbocycles. The minimum absolute atomic E-state index is 0.0439. The molecule has 2 aromatic rings. The van der Waals surface area contributed by atoms with Crippen molar-refractivity contribution in [1.29, 1.82) is 0 Å². The predicted molar refractivity (Wildman–Crippen MR) is 163 cm³/mol. The van der Waals surface area contributed by atoms with Crippen molar-refractivity contribution in [2.45, 2.75) is 104 Å². The molecule has 1 aromatic heterocycles. The first kappa shape index (κ1) is 31.9. The molecule has 2 N–H and O–H groups in total. The van der Waals surface area contributed by atoms with E-state index in [0.717, 1.165) is 67.6 Å². The van der Waals surface area contributed by atoms with E-state index >= 15 is 0 Å². The number of aromatic amines is 1. The van der Waals surface area contributed by atoms with Gasteiger partial charge in [-0.3, -0.25) is 9.59 Å². The molecule has 1 aromatic carbocycles. The normalized spacial score (nSPS) is 21.3. The van der Waals surface area contributed by atoms with Crippen LogP contribution in [0, 0.1) is 24.7 Å². The second-order valence-electron chi connectivity index (χ2n) is 12.3. The molecule has 0 saturated heterocycles. The van der Waals surface area contributed by atoms with Crippen LogP contribution in [-0.4, -0.2) is 29.7 Å². The number of nitrogens with zero attached hydrogens (tertiary/aromatic N) is 1. The number of alkyl halides is 3. The van der Waals surface area contributed by atoms with Crippen LogP contribution in [0.1, 0.15) is 98.5 Å². The number of carbonyl (C=O) groups excluding carboxylic acids is 1.